The van der Waals surface area contributed by atoms with Gasteiger partial charge in [0.25, 0.3) is 0 Å². The van der Waals surface area contributed by atoms with Gasteiger partial charge in [-0.05, 0) is 31.0 Å². The van der Waals surface area contributed by atoms with Gasteiger partial charge in [0, 0.05) is 32.1 Å². The molecule has 3 aromatic rings. The maximum absolute atomic E-state index is 4.90. The van der Waals surface area contributed by atoms with Crippen LogP contribution in [0.1, 0.15) is 25.1 Å². The molecule has 0 unspecified atom stereocenters. The summed E-state index contributed by atoms with van der Waals surface area (Å²) in [7, 11) is 0. The van der Waals surface area contributed by atoms with Crippen LogP contribution in [0.15, 0.2) is 30.6 Å². The molecule has 1 aliphatic carbocycles. The number of hydrogen-bond acceptors (Lipinski definition) is 4. The van der Waals surface area contributed by atoms with Crippen LogP contribution in [0, 0.1) is 0 Å². The summed E-state index contributed by atoms with van der Waals surface area (Å²) in [4.78, 5) is 7.56. The molecule has 0 spiro atoms. The number of benzene rings is 1. The van der Waals surface area contributed by atoms with Crippen molar-refractivity contribution in [2.75, 3.05) is 13.1 Å². The van der Waals surface area contributed by atoms with Crippen LogP contribution < -0.4 is 0 Å². The minimum Gasteiger partial charge on any atom is -0.327 e. The Morgan fingerprint density at radius 2 is 2.04 bits per heavy atom. The normalized spacial score (nSPS) is 19.5. The molecule has 5 rings (SSSR count). The molecular weight excluding hydrogens is 288 g/mol. The highest BCUT2D eigenvalue weighted by molar-refractivity contribution is 5.78. The SMILES string of the molecule is c1cn(-c2ccc3c(c2)nc2n3CCN(C3CCC3)CC2)nn1. The maximum atomic E-state index is 4.90. The molecule has 1 fully saturated rings. The minimum atomic E-state index is 0.824. The van der Waals surface area contributed by atoms with Gasteiger partial charge in [0.15, 0.2) is 0 Å². The number of nitrogens with zero attached hydrogens (tertiary/aromatic N) is 6. The second-order valence-corrected chi connectivity index (χ2v) is 6.57. The Kier molecular flexibility index (Phi) is 2.97. The molecule has 6 heteroatoms. The first kappa shape index (κ1) is 13.2. The molecule has 1 aromatic carbocycles. The molecule has 3 heterocycles. The van der Waals surface area contributed by atoms with Gasteiger partial charge in [-0.25, -0.2) is 9.67 Å². The van der Waals surface area contributed by atoms with Gasteiger partial charge in [-0.1, -0.05) is 11.6 Å². The number of imidazole rings is 1. The number of hydrogen-bond donors (Lipinski definition) is 0. The van der Waals surface area contributed by atoms with Gasteiger partial charge in [-0.2, -0.15) is 0 Å². The van der Waals surface area contributed by atoms with E-state index >= 15 is 0 Å². The summed E-state index contributed by atoms with van der Waals surface area (Å²) in [6.45, 7) is 3.34. The van der Waals surface area contributed by atoms with Gasteiger partial charge >= 0.3 is 0 Å². The summed E-state index contributed by atoms with van der Waals surface area (Å²) in [5.74, 6) is 1.22. The average molecular weight is 308 g/mol. The van der Waals surface area contributed by atoms with E-state index in [0.29, 0.717) is 0 Å². The second kappa shape index (κ2) is 5.16. The fourth-order valence-corrected chi connectivity index (χ4v) is 3.80. The predicted molar refractivity (Wildman–Crippen MR) is 87.6 cm³/mol. The summed E-state index contributed by atoms with van der Waals surface area (Å²) in [5, 5.41) is 7.94. The lowest BCUT2D eigenvalue weighted by Gasteiger charge is -2.36. The summed E-state index contributed by atoms with van der Waals surface area (Å²) in [6, 6.07) is 7.20. The van der Waals surface area contributed by atoms with Crippen LogP contribution in [-0.2, 0) is 13.0 Å². The molecule has 6 nitrogen and oxygen atoms in total. The van der Waals surface area contributed by atoms with E-state index in [4.69, 9.17) is 4.98 Å². The molecular formula is C17H20N6. The van der Waals surface area contributed by atoms with E-state index in [0.717, 1.165) is 43.3 Å². The fraction of sp³-hybridized carbons (Fsp3) is 0.471. The van der Waals surface area contributed by atoms with Crippen LogP contribution in [0.3, 0.4) is 0 Å². The van der Waals surface area contributed by atoms with Crippen LogP contribution in [0.25, 0.3) is 16.7 Å². The zero-order valence-corrected chi connectivity index (χ0v) is 13.1. The number of aromatic nitrogens is 5. The van der Waals surface area contributed by atoms with Gasteiger partial charge < -0.3 is 4.57 Å². The molecule has 0 saturated heterocycles. The summed E-state index contributed by atoms with van der Waals surface area (Å²) in [6.07, 6.45) is 8.76. The molecule has 0 bridgehead atoms. The Hall–Kier alpha value is -2.21. The standard InChI is InChI=1S/C17H20N6/c1-2-13(3-1)21-8-6-17-19-15-12-14(23-9-7-18-20-23)4-5-16(15)22(17)11-10-21/h4-5,7,9,12-13H,1-3,6,8,10-11H2. The quantitative estimate of drug-likeness (QED) is 0.727. The number of fused-ring (bicyclic) bond motifs is 3. The van der Waals surface area contributed by atoms with Crippen molar-refractivity contribution in [2.45, 2.75) is 38.3 Å². The summed E-state index contributed by atoms with van der Waals surface area (Å²) in [5.41, 5.74) is 3.31. The van der Waals surface area contributed by atoms with E-state index in [1.807, 2.05) is 6.20 Å². The second-order valence-electron chi connectivity index (χ2n) is 6.57. The van der Waals surface area contributed by atoms with Gasteiger partial charge in [-0.3, -0.25) is 4.90 Å². The highest BCUT2D eigenvalue weighted by Gasteiger charge is 2.27. The Balaban J connectivity index is 1.48. The summed E-state index contributed by atoms with van der Waals surface area (Å²) >= 11 is 0. The molecule has 0 radical (unpaired) electrons. The van der Waals surface area contributed by atoms with Gasteiger partial charge in [-0.15, -0.1) is 5.10 Å². The van der Waals surface area contributed by atoms with E-state index in [1.54, 1.807) is 10.9 Å². The van der Waals surface area contributed by atoms with E-state index in [2.05, 4.69) is 38.0 Å². The Bertz CT molecular complexity index is 830. The third-order valence-electron chi connectivity index (χ3n) is 5.32. The van der Waals surface area contributed by atoms with Crippen molar-refractivity contribution in [3.05, 3.63) is 36.4 Å². The first-order valence-corrected chi connectivity index (χ1v) is 8.48. The highest BCUT2D eigenvalue weighted by Crippen LogP contribution is 2.27. The Morgan fingerprint density at radius 1 is 1.09 bits per heavy atom. The zero-order chi connectivity index (χ0) is 15.2. The van der Waals surface area contributed by atoms with E-state index in [1.165, 1.54) is 30.6 Å². The van der Waals surface area contributed by atoms with Crippen molar-refractivity contribution in [2.24, 2.45) is 0 Å². The van der Waals surface area contributed by atoms with Crippen molar-refractivity contribution in [1.82, 2.24) is 29.4 Å². The summed E-state index contributed by atoms with van der Waals surface area (Å²) < 4.78 is 4.18. The van der Waals surface area contributed by atoms with Crippen molar-refractivity contribution in [3.8, 4) is 5.69 Å². The topological polar surface area (TPSA) is 51.8 Å². The molecule has 0 atom stereocenters. The Morgan fingerprint density at radius 3 is 2.83 bits per heavy atom. The van der Waals surface area contributed by atoms with Crippen LogP contribution >= 0.6 is 0 Å². The third-order valence-corrected chi connectivity index (χ3v) is 5.32. The fourth-order valence-electron chi connectivity index (χ4n) is 3.80. The largest absolute Gasteiger partial charge is 0.327 e. The zero-order valence-electron chi connectivity index (χ0n) is 13.1. The number of rotatable bonds is 2. The third kappa shape index (κ3) is 2.16. The predicted octanol–water partition coefficient (Wildman–Crippen LogP) is 2.03. The van der Waals surface area contributed by atoms with Crippen molar-refractivity contribution in [1.29, 1.82) is 0 Å². The maximum Gasteiger partial charge on any atom is 0.111 e. The van der Waals surface area contributed by atoms with Crippen LogP contribution in [0.2, 0.25) is 0 Å². The van der Waals surface area contributed by atoms with E-state index in [9.17, 15) is 0 Å². The first-order valence-electron chi connectivity index (χ1n) is 8.48. The van der Waals surface area contributed by atoms with Crippen LogP contribution in [-0.4, -0.2) is 48.6 Å². The molecule has 0 amide bonds. The van der Waals surface area contributed by atoms with Gasteiger partial charge in [0.2, 0.25) is 0 Å². The van der Waals surface area contributed by atoms with Crippen LogP contribution in [0.4, 0.5) is 0 Å². The first-order chi connectivity index (χ1) is 11.4. The van der Waals surface area contributed by atoms with Crippen molar-refractivity contribution >= 4 is 11.0 Å². The molecule has 1 saturated carbocycles. The van der Waals surface area contributed by atoms with Gasteiger partial charge in [0.1, 0.15) is 5.82 Å². The molecule has 1 aliphatic heterocycles. The van der Waals surface area contributed by atoms with Crippen LogP contribution in [0.5, 0.6) is 0 Å². The smallest absolute Gasteiger partial charge is 0.111 e. The van der Waals surface area contributed by atoms with E-state index in [-0.39, 0.29) is 0 Å². The average Bonchev–Trinajstić information content (AvgIpc) is 3.11. The highest BCUT2D eigenvalue weighted by atomic mass is 15.4. The molecule has 2 aromatic heterocycles. The lowest BCUT2D eigenvalue weighted by Crippen LogP contribution is -2.41. The lowest BCUT2D eigenvalue weighted by atomic mass is 9.91. The monoisotopic (exact) mass is 308 g/mol. The van der Waals surface area contributed by atoms with E-state index < -0.39 is 0 Å². The molecule has 0 N–H and O–H groups in total. The lowest BCUT2D eigenvalue weighted by molar-refractivity contribution is 0.130. The molecule has 23 heavy (non-hydrogen) atoms. The minimum absolute atomic E-state index is 0.824. The van der Waals surface area contributed by atoms with Crippen molar-refractivity contribution < 1.29 is 0 Å². The molecule has 2 aliphatic rings. The molecule has 118 valence electrons. The Labute approximate surface area is 134 Å². The van der Waals surface area contributed by atoms with Crippen molar-refractivity contribution in [3.63, 3.8) is 0 Å². The van der Waals surface area contributed by atoms with Gasteiger partial charge in [0.05, 0.1) is 29.1 Å².